The van der Waals surface area contributed by atoms with Crippen LogP contribution in [0, 0.1) is 0 Å². The highest BCUT2D eigenvalue weighted by Gasteiger charge is 2.09. The fraction of sp³-hybridized carbons (Fsp3) is 0.222. The van der Waals surface area contributed by atoms with Crippen molar-refractivity contribution in [1.82, 2.24) is 15.3 Å². The second kappa shape index (κ2) is 7.06. The number of sulfone groups is 1. The first kappa shape index (κ1) is 17.2. The average Bonchev–Trinajstić information content (AvgIpc) is 3.00. The number of amides is 1. The second-order valence-electron chi connectivity index (χ2n) is 5.86. The van der Waals surface area contributed by atoms with Crippen molar-refractivity contribution in [2.24, 2.45) is 0 Å². The summed E-state index contributed by atoms with van der Waals surface area (Å²) >= 11 is 0. The average molecular weight is 357 g/mol. The number of aromatic nitrogens is 2. The fourth-order valence-electron chi connectivity index (χ4n) is 2.54. The largest absolute Gasteiger partial charge is 0.352 e. The Hall–Kier alpha value is -2.67. The summed E-state index contributed by atoms with van der Waals surface area (Å²) in [6.07, 6.45) is 2.63. The third-order valence-corrected chi connectivity index (χ3v) is 4.99. The number of nitrogens with zero attached hydrogens (tertiary/aromatic N) is 1. The minimum atomic E-state index is -3.25. The van der Waals surface area contributed by atoms with E-state index in [2.05, 4.69) is 15.3 Å². The summed E-state index contributed by atoms with van der Waals surface area (Å²) in [4.78, 5) is 20.0. The van der Waals surface area contributed by atoms with Crippen molar-refractivity contribution < 1.29 is 13.2 Å². The number of benzene rings is 2. The zero-order valence-corrected chi connectivity index (χ0v) is 14.6. The number of carbonyl (C=O) groups excluding carboxylic acids is 1. The van der Waals surface area contributed by atoms with Crippen molar-refractivity contribution in [3.8, 4) is 0 Å². The molecule has 3 rings (SSSR count). The van der Waals surface area contributed by atoms with Crippen LogP contribution in [0.4, 0.5) is 0 Å². The topological polar surface area (TPSA) is 91.9 Å². The smallest absolute Gasteiger partial charge is 0.251 e. The molecule has 25 heavy (non-hydrogen) atoms. The molecule has 6 nitrogen and oxygen atoms in total. The Morgan fingerprint density at radius 3 is 2.52 bits per heavy atom. The predicted octanol–water partition coefficient (Wildman–Crippen LogP) is 2.33. The van der Waals surface area contributed by atoms with Crippen molar-refractivity contribution in [2.75, 3.05) is 12.8 Å². The van der Waals surface area contributed by atoms with Crippen molar-refractivity contribution in [3.05, 3.63) is 59.9 Å². The van der Waals surface area contributed by atoms with Gasteiger partial charge in [0.25, 0.3) is 5.91 Å². The zero-order chi connectivity index (χ0) is 17.9. The quantitative estimate of drug-likeness (QED) is 0.662. The number of aromatic amines is 1. The van der Waals surface area contributed by atoms with E-state index in [0.29, 0.717) is 12.1 Å². The number of aryl methyl sites for hydroxylation is 1. The highest BCUT2D eigenvalue weighted by Crippen LogP contribution is 2.12. The molecule has 0 radical (unpaired) electrons. The molecule has 1 aromatic heterocycles. The first-order valence-corrected chi connectivity index (χ1v) is 9.84. The summed E-state index contributed by atoms with van der Waals surface area (Å²) in [7, 11) is -3.25. The maximum atomic E-state index is 12.1. The Balaban J connectivity index is 1.50. The number of hydrogen-bond donors (Lipinski definition) is 2. The summed E-state index contributed by atoms with van der Waals surface area (Å²) < 4.78 is 22.8. The van der Waals surface area contributed by atoms with Crippen LogP contribution in [0.15, 0.2) is 53.4 Å². The minimum Gasteiger partial charge on any atom is -0.352 e. The van der Waals surface area contributed by atoms with Crippen LogP contribution in [0.2, 0.25) is 0 Å². The number of carbonyl (C=O) groups is 1. The number of H-pyrrole nitrogens is 1. The van der Waals surface area contributed by atoms with Crippen LogP contribution >= 0.6 is 0 Å². The van der Waals surface area contributed by atoms with Gasteiger partial charge in [0.1, 0.15) is 5.82 Å². The monoisotopic (exact) mass is 357 g/mol. The van der Waals surface area contributed by atoms with Gasteiger partial charge in [-0.3, -0.25) is 4.79 Å². The maximum absolute atomic E-state index is 12.1. The molecule has 0 saturated carbocycles. The van der Waals surface area contributed by atoms with Gasteiger partial charge in [0.15, 0.2) is 9.84 Å². The van der Waals surface area contributed by atoms with E-state index in [1.54, 1.807) is 0 Å². The van der Waals surface area contributed by atoms with Gasteiger partial charge in [-0.25, -0.2) is 13.4 Å². The molecule has 0 bridgehead atoms. The second-order valence-corrected chi connectivity index (χ2v) is 7.87. The van der Waals surface area contributed by atoms with Crippen LogP contribution < -0.4 is 5.32 Å². The normalized spacial score (nSPS) is 11.6. The van der Waals surface area contributed by atoms with Crippen LogP contribution in [0.5, 0.6) is 0 Å². The molecule has 1 heterocycles. The molecular weight excluding hydrogens is 338 g/mol. The zero-order valence-electron chi connectivity index (χ0n) is 13.8. The van der Waals surface area contributed by atoms with E-state index in [1.807, 2.05) is 24.3 Å². The van der Waals surface area contributed by atoms with Crippen molar-refractivity contribution in [3.63, 3.8) is 0 Å². The Morgan fingerprint density at radius 1 is 1.12 bits per heavy atom. The number of para-hydroxylation sites is 2. The maximum Gasteiger partial charge on any atom is 0.251 e. The molecule has 7 heteroatoms. The van der Waals surface area contributed by atoms with Crippen LogP contribution in [0.3, 0.4) is 0 Å². The van der Waals surface area contributed by atoms with E-state index in [9.17, 15) is 13.2 Å². The Labute approximate surface area is 146 Å². The van der Waals surface area contributed by atoms with E-state index >= 15 is 0 Å². The lowest BCUT2D eigenvalue weighted by atomic mass is 10.2. The molecule has 0 unspecified atom stereocenters. The highest BCUT2D eigenvalue weighted by atomic mass is 32.2. The van der Waals surface area contributed by atoms with E-state index in [1.165, 1.54) is 24.3 Å². The Kier molecular flexibility index (Phi) is 4.85. The van der Waals surface area contributed by atoms with Crippen molar-refractivity contribution in [1.29, 1.82) is 0 Å². The molecule has 0 aliphatic carbocycles. The lowest BCUT2D eigenvalue weighted by molar-refractivity contribution is 0.0953. The number of rotatable bonds is 6. The van der Waals surface area contributed by atoms with Crippen LogP contribution in [-0.2, 0) is 16.3 Å². The fourth-order valence-corrected chi connectivity index (χ4v) is 3.17. The molecule has 3 aromatic rings. The van der Waals surface area contributed by atoms with Gasteiger partial charge < -0.3 is 10.3 Å². The van der Waals surface area contributed by atoms with Gasteiger partial charge in [0.2, 0.25) is 0 Å². The number of nitrogens with one attached hydrogen (secondary N) is 2. The minimum absolute atomic E-state index is 0.203. The molecule has 130 valence electrons. The van der Waals surface area contributed by atoms with Crippen LogP contribution in [0.25, 0.3) is 11.0 Å². The van der Waals surface area contributed by atoms with E-state index in [-0.39, 0.29) is 10.8 Å². The Morgan fingerprint density at radius 2 is 1.84 bits per heavy atom. The SMILES string of the molecule is CS(=O)(=O)c1ccc(C(=O)NCCCc2nc3ccccc3[nH]2)cc1. The van der Waals surface area contributed by atoms with Gasteiger partial charge in [-0.2, -0.15) is 0 Å². The molecule has 0 spiro atoms. The van der Waals surface area contributed by atoms with Gasteiger partial charge in [-0.05, 0) is 42.8 Å². The highest BCUT2D eigenvalue weighted by molar-refractivity contribution is 7.90. The first-order valence-electron chi connectivity index (χ1n) is 7.95. The molecule has 0 fully saturated rings. The third kappa shape index (κ3) is 4.24. The summed E-state index contributed by atoms with van der Waals surface area (Å²) in [6, 6.07) is 13.8. The molecule has 0 aliphatic heterocycles. The molecule has 0 atom stereocenters. The number of fused-ring (bicyclic) bond motifs is 1. The van der Waals surface area contributed by atoms with Gasteiger partial charge >= 0.3 is 0 Å². The van der Waals surface area contributed by atoms with Gasteiger partial charge in [0, 0.05) is 24.8 Å². The Bertz CT molecular complexity index is 959. The van der Waals surface area contributed by atoms with Crippen LogP contribution in [-0.4, -0.2) is 37.1 Å². The van der Waals surface area contributed by atoms with Gasteiger partial charge in [-0.15, -0.1) is 0 Å². The van der Waals surface area contributed by atoms with Crippen molar-refractivity contribution in [2.45, 2.75) is 17.7 Å². The molecule has 0 saturated heterocycles. The molecule has 1 amide bonds. The molecular formula is C18H19N3O3S. The summed E-state index contributed by atoms with van der Waals surface area (Å²) in [5.41, 5.74) is 2.39. The summed E-state index contributed by atoms with van der Waals surface area (Å²) in [5.74, 6) is 0.678. The first-order chi connectivity index (χ1) is 11.9. The lowest BCUT2D eigenvalue weighted by Gasteiger charge is -2.05. The van der Waals surface area contributed by atoms with Crippen LogP contribution in [0.1, 0.15) is 22.6 Å². The summed E-state index contributed by atoms with van der Waals surface area (Å²) in [6.45, 7) is 0.518. The van der Waals surface area contributed by atoms with Gasteiger partial charge in [0.05, 0.1) is 15.9 Å². The number of hydrogen-bond acceptors (Lipinski definition) is 4. The van der Waals surface area contributed by atoms with E-state index in [0.717, 1.165) is 36.0 Å². The molecule has 2 N–H and O–H groups in total. The van der Waals surface area contributed by atoms with Crippen molar-refractivity contribution >= 4 is 26.8 Å². The molecule has 0 aliphatic rings. The predicted molar refractivity (Wildman–Crippen MR) is 96.3 cm³/mol. The van der Waals surface area contributed by atoms with Gasteiger partial charge in [-0.1, -0.05) is 12.1 Å². The van der Waals surface area contributed by atoms with E-state index < -0.39 is 9.84 Å². The third-order valence-electron chi connectivity index (χ3n) is 3.86. The molecule has 2 aromatic carbocycles. The standard InChI is InChI=1S/C18H19N3O3S/c1-25(23,24)14-10-8-13(9-11-14)18(22)19-12-4-7-17-20-15-5-2-3-6-16(15)21-17/h2-3,5-6,8-11H,4,7,12H2,1H3,(H,19,22)(H,20,21). The summed E-state index contributed by atoms with van der Waals surface area (Å²) in [5, 5.41) is 2.83. The van der Waals surface area contributed by atoms with E-state index in [4.69, 9.17) is 0 Å². The number of imidazole rings is 1. The lowest BCUT2D eigenvalue weighted by Crippen LogP contribution is -2.24.